The van der Waals surface area contributed by atoms with Gasteiger partial charge in [0.05, 0.1) is 18.1 Å². The predicted molar refractivity (Wildman–Crippen MR) is 86.5 cm³/mol. The van der Waals surface area contributed by atoms with Gasteiger partial charge in [-0.15, -0.1) is 0 Å². The molecule has 24 heavy (non-hydrogen) atoms. The summed E-state index contributed by atoms with van der Waals surface area (Å²) in [6.07, 6.45) is -0.969. The van der Waals surface area contributed by atoms with Crippen LogP contribution in [-0.2, 0) is 15.0 Å². The third-order valence-corrected chi connectivity index (χ3v) is 4.54. The van der Waals surface area contributed by atoms with E-state index in [4.69, 9.17) is 0 Å². The first-order valence-corrected chi connectivity index (χ1v) is 7.75. The van der Waals surface area contributed by atoms with Crippen LogP contribution in [0.3, 0.4) is 0 Å². The van der Waals surface area contributed by atoms with E-state index < -0.39 is 17.3 Å². The van der Waals surface area contributed by atoms with Crippen LogP contribution in [0, 0.1) is 5.82 Å². The minimum Gasteiger partial charge on any atom is -0.387 e. The van der Waals surface area contributed by atoms with E-state index in [0.29, 0.717) is 5.56 Å². The van der Waals surface area contributed by atoms with Crippen LogP contribution in [0.2, 0.25) is 0 Å². The molecule has 0 bridgehead atoms. The van der Waals surface area contributed by atoms with Crippen molar-refractivity contribution >= 4 is 11.8 Å². The van der Waals surface area contributed by atoms with Gasteiger partial charge < -0.3 is 5.11 Å². The Kier molecular flexibility index (Phi) is 4.20. The van der Waals surface area contributed by atoms with Gasteiger partial charge in [0.2, 0.25) is 11.8 Å². The summed E-state index contributed by atoms with van der Waals surface area (Å²) in [5, 5.41) is 10.3. The molecule has 1 N–H and O–H groups in total. The molecule has 1 aliphatic rings. The van der Waals surface area contributed by atoms with Crippen molar-refractivity contribution in [3.8, 4) is 0 Å². The smallest absolute Gasteiger partial charge is 0.240 e. The van der Waals surface area contributed by atoms with Crippen molar-refractivity contribution < 1.29 is 19.1 Å². The van der Waals surface area contributed by atoms with E-state index >= 15 is 0 Å². The lowest BCUT2D eigenvalue weighted by molar-refractivity contribution is -0.141. The van der Waals surface area contributed by atoms with E-state index in [0.717, 1.165) is 10.5 Å². The first-order chi connectivity index (χ1) is 11.4. The molecule has 2 aromatic rings. The Morgan fingerprint density at radius 1 is 1.12 bits per heavy atom. The van der Waals surface area contributed by atoms with E-state index in [2.05, 4.69) is 0 Å². The number of aliphatic hydroxyl groups is 1. The van der Waals surface area contributed by atoms with Crippen LogP contribution in [0.25, 0.3) is 0 Å². The van der Waals surface area contributed by atoms with Crippen molar-refractivity contribution in [2.75, 3.05) is 6.54 Å². The second-order valence-corrected chi connectivity index (χ2v) is 6.25. The molecule has 5 heteroatoms. The van der Waals surface area contributed by atoms with Crippen LogP contribution in [0.5, 0.6) is 0 Å². The lowest BCUT2D eigenvalue weighted by Crippen LogP contribution is -2.38. The van der Waals surface area contributed by atoms with E-state index in [1.54, 1.807) is 6.92 Å². The topological polar surface area (TPSA) is 57.6 Å². The van der Waals surface area contributed by atoms with Crippen molar-refractivity contribution in [2.45, 2.75) is 24.9 Å². The Morgan fingerprint density at radius 2 is 1.75 bits per heavy atom. The average Bonchev–Trinajstić information content (AvgIpc) is 2.80. The number of rotatable bonds is 4. The number of imide groups is 1. The summed E-state index contributed by atoms with van der Waals surface area (Å²) in [5.41, 5.74) is 0.327. The molecule has 1 heterocycles. The van der Waals surface area contributed by atoms with E-state index in [9.17, 15) is 19.1 Å². The van der Waals surface area contributed by atoms with Crippen molar-refractivity contribution in [1.82, 2.24) is 4.90 Å². The number of nitrogens with zero attached hydrogens (tertiary/aromatic N) is 1. The number of hydrogen-bond acceptors (Lipinski definition) is 3. The fourth-order valence-corrected chi connectivity index (χ4v) is 3.06. The minimum atomic E-state index is -1.04. The molecule has 0 spiro atoms. The average molecular weight is 327 g/mol. The normalized spacial score (nSPS) is 22.0. The summed E-state index contributed by atoms with van der Waals surface area (Å²) in [7, 11) is 0. The van der Waals surface area contributed by atoms with Gasteiger partial charge in [-0.05, 0) is 30.2 Å². The monoisotopic (exact) mass is 327 g/mol. The fraction of sp³-hybridized carbons (Fsp3) is 0.263. The zero-order valence-electron chi connectivity index (χ0n) is 13.3. The maximum absolute atomic E-state index is 13.0. The van der Waals surface area contributed by atoms with Crippen LogP contribution in [0.4, 0.5) is 4.39 Å². The molecule has 1 saturated heterocycles. The van der Waals surface area contributed by atoms with E-state index in [-0.39, 0.29) is 24.8 Å². The number of hydrogen-bond donors (Lipinski definition) is 1. The number of likely N-dealkylation sites (tertiary alicyclic amines) is 1. The van der Waals surface area contributed by atoms with Gasteiger partial charge >= 0.3 is 0 Å². The second kappa shape index (κ2) is 6.17. The third kappa shape index (κ3) is 2.83. The van der Waals surface area contributed by atoms with Crippen LogP contribution in [-0.4, -0.2) is 28.4 Å². The molecule has 2 aromatic carbocycles. The standard InChI is InChI=1S/C19H18FNO3/c1-19(14-5-3-2-4-6-14)11-17(23)21(18(19)24)12-16(22)13-7-9-15(20)10-8-13/h2-10,16,22H,11-12H2,1H3/t16-,19-/m0/s1. The van der Waals surface area contributed by atoms with Gasteiger partial charge in [-0.1, -0.05) is 42.5 Å². The largest absolute Gasteiger partial charge is 0.387 e. The van der Waals surface area contributed by atoms with Gasteiger partial charge in [-0.3, -0.25) is 14.5 Å². The molecule has 4 nitrogen and oxygen atoms in total. The second-order valence-electron chi connectivity index (χ2n) is 6.25. The number of benzene rings is 2. The molecular formula is C19H18FNO3. The molecule has 3 rings (SSSR count). The maximum atomic E-state index is 13.0. The van der Waals surface area contributed by atoms with Crippen LogP contribution < -0.4 is 0 Å². The summed E-state index contributed by atoms with van der Waals surface area (Å²) < 4.78 is 13.0. The van der Waals surface area contributed by atoms with Crippen LogP contribution in [0.15, 0.2) is 54.6 Å². The van der Waals surface area contributed by atoms with Crippen LogP contribution >= 0.6 is 0 Å². The molecule has 2 amide bonds. The highest BCUT2D eigenvalue weighted by atomic mass is 19.1. The quantitative estimate of drug-likeness (QED) is 0.878. The predicted octanol–water partition coefficient (Wildman–Crippen LogP) is 2.58. The first kappa shape index (κ1) is 16.3. The Labute approximate surface area is 139 Å². The Balaban J connectivity index is 1.81. The van der Waals surface area contributed by atoms with Gasteiger partial charge in [-0.2, -0.15) is 0 Å². The van der Waals surface area contributed by atoms with Crippen molar-refractivity contribution in [3.05, 3.63) is 71.5 Å². The van der Waals surface area contributed by atoms with Gasteiger partial charge in [-0.25, -0.2) is 4.39 Å². The number of halogens is 1. The molecule has 0 radical (unpaired) electrons. The summed E-state index contributed by atoms with van der Waals surface area (Å²) in [6.45, 7) is 1.61. The Morgan fingerprint density at radius 3 is 2.38 bits per heavy atom. The summed E-state index contributed by atoms with van der Waals surface area (Å²) in [6, 6.07) is 14.5. The minimum absolute atomic E-state index is 0.0754. The lowest BCUT2D eigenvalue weighted by Gasteiger charge is -2.24. The van der Waals surface area contributed by atoms with Crippen molar-refractivity contribution in [3.63, 3.8) is 0 Å². The number of carbonyl (C=O) groups is 2. The SMILES string of the molecule is C[C@@]1(c2ccccc2)CC(=O)N(C[C@H](O)c2ccc(F)cc2)C1=O. The zero-order valence-corrected chi connectivity index (χ0v) is 13.3. The van der Waals surface area contributed by atoms with Gasteiger partial charge in [0, 0.05) is 6.42 Å². The Hall–Kier alpha value is -2.53. The van der Waals surface area contributed by atoms with Crippen LogP contribution in [0.1, 0.15) is 30.6 Å². The van der Waals surface area contributed by atoms with E-state index in [1.807, 2.05) is 30.3 Å². The lowest BCUT2D eigenvalue weighted by atomic mass is 9.81. The highest BCUT2D eigenvalue weighted by Crippen LogP contribution is 2.36. The third-order valence-electron chi connectivity index (χ3n) is 4.54. The number of carbonyl (C=O) groups excluding carboxylic acids is 2. The molecule has 2 atom stereocenters. The number of aliphatic hydroxyl groups excluding tert-OH is 1. The fourth-order valence-electron chi connectivity index (χ4n) is 3.06. The number of β-amino-alcohol motifs (C(OH)–C–C–N with tert-alkyl or cyclic N) is 1. The summed E-state index contributed by atoms with van der Waals surface area (Å²) >= 11 is 0. The highest BCUT2D eigenvalue weighted by molar-refractivity contribution is 6.08. The van der Waals surface area contributed by atoms with Gasteiger partial charge in [0.25, 0.3) is 0 Å². The van der Waals surface area contributed by atoms with Crippen molar-refractivity contribution in [1.29, 1.82) is 0 Å². The molecule has 0 aliphatic carbocycles. The van der Waals surface area contributed by atoms with Gasteiger partial charge in [0.1, 0.15) is 5.82 Å². The molecule has 0 unspecified atom stereocenters. The number of amides is 2. The molecule has 1 aliphatic heterocycles. The van der Waals surface area contributed by atoms with E-state index in [1.165, 1.54) is 24.3 Å². The Bertz CT molecular complexity index is 760. The molecule has 1 fully saturated rings. The molecular weight excluding hydrogens is 309 g/mol. The summed E-state index contributed by atoms with van der Waals surface area (Å²) in [5.74, 6) is -1.04. The van der Waals surface area contributed by atoms with Crippen molar-refractivity contribution in [2.24, 2.45) is 0 Å². The molecule has 124 valence electrons. The zero-order chi connectivity index (χ0) is 17.3. The summed E-state index contributed by atoms with van der Waals surface area (Å²) in [4.78, 5) is 26.2. The maximum Gasteiger partial charge on any atom is 0.240 e. The first-order valence-electron chi connectivity index (χ1n) is 7.75. The highest BCUT2D eigenvalue weighted by Gasteiger charge is 2.49. The molecule has 0 saturated carbocycles. The molecule has 0 aromatic heterocycles. The van der Waals surface area contributed by atoms with Gasteiger partial charge in [0.15, 0.2) is 0 Å².